The van der Waals surface area contributed by atoms with Gasteiger partial charge in [0.25, 0.3) is 0 Å². The van der Waals surface area contributed by atoms with Crippen LogP contribution < -0.4 is 5.32 Å². The quantitative estimate of drug-likeness (QED) is 0.452. The van der Waals surface area contributed by atoms with Gasteiger partial charge in [-0.2, -0.15) is 0 Å². The van der Waals surface area contributed by atoms with Gasteiger partial charge in [0.1, 0.15) is 17.6 Å². The van der Waals surface area contributed by atoms with E-state index in [1.165, 1.54) is 19.3 Å². The first-order valence-corrected chi connectivity index (χ1v) is 11.8. The average molecular weight is 452 g/mol. The van der Waals surface area contributed by atoms with E-state index in [0.29, 0.717) is 11.1 Å². The number of nitrogens with zero attached hydrogens (tertiary/aromatic N) is 2. The largest absolute Gasteiger partial charge is 0.459 e. The topological polar surface area (TPSA) is 41.3 Å². The smallest absolute Gasteiger partial charge is 0.170 e. The summed E-state index contributed by atoms with van der Waals surface area (Å²) in [6.07, 6.45) is 7.95. The summed E-state index contributed by atoms with van der Waals surface area (Å²) in [4.78, 5) is 7.01. The van der Waals surface area contributed by atoms with Crippen LogP contribution in [0.15, 0.2) is 59.1 Å². The average Bonchev–Trinajstić information content (AvgIpc) is 3.41. The van der Waals surface area contributed by atoms with Gasteiger partial charge < -0.3 is 14.6 Å². The molecule has 3 heterocycles. The highest BCUT2D eigenvalue weighted by Crippen LogP contribution is 2.44. The van der Waals surface area contributed by atoms with Crippen molar-refractivity contribution in [3.8, 4) is 11.3 Å². The van der Waals surface area contributed by atoms with Gasteiger partial charge in [-0.1, -0.05) is 43.0 Å². The summed E-state index contributed by atoms with van der Waals surface area (Å²) in [7, 11) is 0. The lowest BCUT2D eigenvalue weighted by Crippen LogP contribution is -2.40. The lowest BCUT2D eigenvalue weighted by molar-refractivity contribution is 0.179. The zero-order valence-corrected chi connectivity index (χ0v) is 19.1. The summed E-state index contributed by atoms with van der Waals surface area (Å²) in [5.74, 6) is 1.74. The van der Waals surface area contributed by atoms with Crippen LogP contribution >= 0.6 is 23.8 Å². The van der Waals surface area contributed by atoms with E-state index in [1.807, 2.05) is 42.6 Å². The predicted molar refractivity (Wildman–Crippen MR) is 128 cm³/mol. The summed E-state index contributed by atoms with van der Waals surface area (Å²) in [6.45, 7) is 2.07. The molecular formula is C25H26ClN3OS. The van der Waals surface area contributed by atoms with Crippen LogP contribution in [-0.4, -0.2) is 21.0 Å². The SMILES string of the molecule is Cc1ccc(Cl)cc1-c1ccc([C@H]2[C@@H](c3ccccn3)NC(=S)N2C2CCCCC2)o1. The molecule has 1 aliphatic heterocycles. The summed E-state index contributed by atoms with van der Waals surface area (Å²) in [5.41, 5.74) is 3.13. The molecule has 31 heavy (non-hydrogen) atoms. The monoisotopic (exact) mass is 451 g/mol. The minimum atomic E-state index is -0.0462. The highest BCUT2D eigenvalue weighted by molar-refractivity contribution is 7.80. The number of rotatable bonds is 4. The van der Waals surface area contributed by atoms with E-state index in [2.05, 4.69) is 34.3 Å². The Hall–Kier alpha value is -2.37. The van der Waals surface area contributed by atoms with Crippen LogP contribution in [0.2, 0.25) is 5.02 Å². The fourth-order valence-corrected chi connectivity index (χ4v) is 5.50. The van der Waals surface area contributed by atoms with Crippen LogP contribution in [0.5, 0.6) is 0 Å². The van der Waals surface area contributed by atoms with Gasteiger partial charge in [-0.3, -0.25) is 4.98 Å². The van der Waals surface area contributed by atoms with E-state index in [4.69, 9.17) is 28.2 Å². The van der Waals surface area contributed by atoms with Crippen molar-refractivity contribution in [2.45, 2.75) is 57.2 Å². The highest BCUT2D eigenvalue weighted by atomic mass is 35.5. The van der Waals surface area contributed by atoms with Crippen LogP contribution in [-0.2, 0) is 0 Å². The van der Waals surface area contributed by atoms with Crippen molar-refractivity contribution in [1.29, 1.82) is 0 Å². The summed E-state index contributed by atoms with van der Waals surface area (Å²) in [6, 6.07) is 16.4. The minimum Gasteiger partial charge on any atom is -0.459 e. The van der Waals surface area contributed by atoms with Crippen molar-refractivity contribution >= 4 is 28.9 Å². The molecule has 2 aliphatic rings. The number of benzene rings is 1. The molecule has 0 radical (unpaired) electrons. The number of nitrogens with one attached hydrogen (secondary N) is 1. The van der Waals surface area contributed by atoms with Crippen LogP contribution in [0, 0.1) is 6.92 Å². The van der Waals surface area contributed by atoms with Crippen LogP contribution in [0.3, 0.4) is 0 Å². The Morgan fingerprint density at radius 3 is 2.71 bits per heavy atom. The van der Waals surface area contributed by atoms with Gasteiger partial charge in [-0.15, -0.1) is 0 Å². The number of hydrogen-bond acceptors (Lipinski definition) is 3. The molecule has 1 aliphatic carbocycles. The third-order valence-electron chi connectivity index (χ3n) is 6.49. The Labute approximate surface area is 193 Å². The van der Waals surface area contributed by atoms with Gasteiger partial charge >= 0.3 is 0 Å². The summed E-state index contributed by atoms with van der Waals surface area (Å²) < 4.78 is 6.48. The highest BCUT2D eigenvalue weighted by Gasteiger charge is 2.44. The molecule has 1 N–H and O–H groups in total. The second-order valence-electron chi connectivity index (χ2n) is 8.49. The molecule has 2 aromatic heterocycles. The van der Waals surface area contributed by atoms with E-state index in [-0.39, 0.29) is 12.1 Å². The third kappa shape index (κ3) is 3.97. The summed E-state index contributed by atoms with van der Waals surface area (Å²) >= 11 is 12.1. The number of pyridine rings is 1. The van der Waals surface area contributed by atoms with E-state index in [1.54, 1.807) is 0 Å². The molecule has 0 amide bonds. The second kappa shape index (κ2) is 8.64. The van der Waals surface area contributed by atoms with Crippen molar-refractivity contribution in [3.05, 3.63) is 76.8 Å². The summed E-state index contributed by atoms with van der Waals surface area (Å²) in [5, 5.41) is 5.05. The minimum absolute atomic E-state index is 0.0289. The van der Waals surface area contributed by atoms with Crippen LogP contribution in [0.4, 0.5) is 0 Å². The van der Waals surface area contributed by atoms with Crippen molar-refractivity contribution in [3.63, 3.8) is 0 Å². The molecule has 6 heteroatoms. The molecule has 5 rings (SSSR count). The van der Waals surface area contributed by atoms with Crippen molar-refractivity contribution in [2.24, 2.45) is 0 Å². The van der Waals surface area contributed by atoms with Crippen LogP contribution in [0.25, 0.3) is 11.3 Å². The van der Waals surface area contributed by atoms with E-state index >= 15 is 0 Å². The first-order chi connectivity index (χ1) is 15.1. The molecule has 3 aromatic rings. The fourth-order valence-electron chi connectivity index (χ4n) is 4.94. The lowest BCUT2D eigenvalue weighted by atomic mass is 9.92. The van der Waals surface area contributed by atoms with Gasteiger partial charge in [0.15, 0.2) is 5.11 Å². The Balaban J connectivity index is 1.56. The Morgan fingerprint density at radius 1 is 1.10 bits per heavy atom. The number of halogens is 1. The van der Waals surface area contributed by atoms with E-state index in [9.17, 15) is 0 Å². The molecule has 2 fully saturated rings. The fraction of sp³-hybridized carbons (Fsp3) is 0.360. The van der Waals surface area contributed by atoms with Gasteiger partial charge in [-0.25, -0.2) is 0 Å². The van der Waals surface area contributed by atoms with Crippen molar-refractivity contribution in [2.75, 3.05) is 0 Å². The van der Waals surface area contributed by atoms with E-state index < -0.39 is 0 Å². The molecule has 0 unspecified atom stereocenters. The molecule has 4 nitrogen and oxygen atoms in total. The normalized spacial score (nSPS) is 22.0. The number of thiocarbonyl (C=S) groups is 1. The van der Waals surface area contributed by atoms with Gasteiger partial charge in [-0.05, 0) is 73.9 Å². The third-order valence-corrected chi connectivity index (χ3v) is 7.05. The molecular weight excluding hydrogens is 426 g/mol. The lowest BCUT2D eigenvalue weighted by Gasteiger charge is -2.36. The number of aryl methyl sites for hydroxylation is 1. The maximum Gasteiger partial charge on any atom is 0.170 e. The molecule has 2 atom stereocenters. The molecule has 160 valence electrons. The standard InChI is InChI=1S/C25H26ClN3OS/c1-16-10-11-17(26)15-19(16)21-12-13-22(30-21)24-23(20-9-5-6-14-27-20)28-25(31)29(24)18-7-3-2-4-8-18/h5-6,9-15,18,23-24H,2-4,7-8H2,1H3,(H,28,31)/t23-,24+/m1/s1. The Kier molecular flexibility index (Phi) is 5.72. The van der Waals surface area contributed by atoms with Crippen molar-refractivity contribution < 1.29 is 4.42 Å². The maximum absolute atomic E-state index is 6.48. The van der Waals surface area contributed by atoms with Crippen molar-refractivity contribution in [1.82, 2.24) is 15.2 Å². The Morgan fingerprint density at radius 2 is 1.94 bits per heavy atom. The van der Waals surface area contributed by atoms with Gasteiger partial charge in [0, 0.05) is 22.8 Å². The zero-order chi connectivity index (χ0) is 21.4. The molecule has 1 saturated carbocycles. The van der Waals surface area contributed by atoms with E-state index in [0.717, 1.165) is 46.3 Å². The van der Waals surface area contributed by atoms with Crippen LogP contribution in [0.1, 0.15) is 61.2 Å². The zero-order valence-electron chi connectivity index (χ0n) is 17.6. The molecule has 0 spiro atoms. The first kappa shape index (κ1) is 20.5. The maximum atomic E-state index is 6.48. The number of aromatic nitrogens is 1. The molecule has 0 bridgehead atoms. The first-order valence-electron chi connectivity index (χ1n) is 11.0. The number of hydrogen-bond donors (Lipinski definition) is 1. The molecule has 1 aromatic carbocycles. The molecule has 1 saturated heterocycles. The van der Waals surface area contributed by atoms with Gasteiger partial charge in [0.05, 0.1) is 11.7 Å². The van der Waals surface area contributed by atoms with Gasteiger partial charge in [0.2, 0.25) is 0 Å². The second-order valence-corrected chi connectivity index (χ2v) is 9.31. The Bertz CT molecular complexity index is 1080. The number of furan rings is 1. The predicted octanol–water partition coefficient (Wildman–Crippen LogP) is 6.61.